The number of rotatable bonds is 1. The molecule has 0 atom stereocenters. The van der Waals surface area contributed by atoms with Crippen LogP contribution in [0.1, 0.15) is 6.92 Å². The molecule has 0 aliphatic carbocycles. The summed E-state index contributed by atoms with van der Waals surface area (Å²) < 4.78 is 9.31. The highest BCUT2D eigenvalue weighted by atomic mass is 16.7. The summed E-state index contributed by atoms with van der Waals surface area (Å²) in [5.74, 6) is 1.58. The minimum atomic E-state index is 0.676. The highest BCUT2D eigenvalue weighted by Crippen LogP contribution is 2.24. The second-order valence-electron chi connectivity index (χ2n) is 1.15. The normalized spacial score (nSPS) is 17.0. The monoisotopic (exact) mass is 86.0 g/mol. The van der Waals surface area contributed by atoms with Gasteiger partial charge >= 0.3 is 5.95 Å². The average Bonchev–Trinajstić information content (AvgIpc) is 2.19. The second kappa shape index (κ2) is 0.899. The number of hydrogen-bond acceptors (Lipinski definition) is 2. The van der Waals surface area contributed by atoms with Crippen LogP contribution in [-0.2, 0) is 9.47 Å². The largest absolute Gasteiger partial charge is 0.466 e. The number of allylic oxidation sites excluding steroid dienone is 1. The SMILES string of the molecule is COC1=C(C)O1. The third kappa shape index (κ3) is 0.339. The Balaban J connectivity index is 2.38. The molecule has 0 N–H and O–H groups in total. The van der Waals surface area contributed by atoms with Crippen LogP contribution < -0.4 is 0 Å². The van der Waals surface area contributed by atoms with E-state index >= 15 is 0 Å². The van der Waals surface area contributed by atoms with E-state index in [0.717, 1.165) is 5.76 Å². The molecule has 1 aliphatic heterocycles. The topological polar surface area (TPSA) is 21.8 Å². The van der Waals surface area contributed by atoms with E-state index in [0.29, 0.717) is 5.95 Å². The van der Waals surface area contributed by atoms with Gasteiger partial charge in [0.1, 0.15) is 0 Å². The van der Waals surface area contributed by atoms with Gasteiger partial charge in [-0.2, -0.15) is 0 Å². The Bertz CT molecular complexity index is 93.7. The highest BCUT2D eigenvalue weighted by Gasteiger charge is 2.19. The molecule has 1 rings (SSSR count). The maximum Gasteiger partial charge on any atom is 0.324 e. The third-order valence-electron chi connectivity index (χ3n) is 0.677. The van der Waals surface area contributed by atoms with E-state index in [9.17, 15) is 0 Å². The fourth-order valence-corrected chi connectivity index (χ4v) is 0.299. The maximum absolute atomic E-state index is 4.68. The molecule has 0 amide bonds. The summed E-state index contributed by atoms with van der Waals surface area (Å²) in [5, 5.41) is 0. The van der Waals surface area contributed by atoms with Crippen molar-refractivity contribution in [2.45, 2.75) is 6.92 Å². The van der Waals surface area contributed by atoms with Gasteiger partial charge in [0.2, 0.25) is 0 Å². The lowest BCUT2D eigenvalue weighted by Gasteiger charge is -1.76. The first-order chi connectivity index (χ1) is 2.84. The van der Waals surface area contributed by atoms with Gasteiger partial charge in [0.15, 0.2) is 5.76 Å². The van der Waals surface area contributed by atoms with Gasteiger partial charge in [0.25, 0.3) is 0 Å². The van der Waals surface area contributed by atoms with Crippen molar-refractivity contribution in [3.05, 3.63) is 11.7 Å². The molecule has 0 aromatic carbocycles. The zero-order chi connectivity index (χ0) is 4.57. The Morgan fingerprint density at radius 2 is 2.17 bits per heavy atom. The van der Waals surface area contributed by atoms with E-state index in [4.69, 9.17) is 0 Å². The van der Waals surface area contributed by atoms with Crippen LogP contribution in [0.15, 0.2) is 11.7 Å². The van der Waals surface area contributed by atoms with Crippen LogP contribution >= 0.6 is 0 Å². The zero-order valence-electron chi connectivity index (χ0n) is 3.82. The molecule has 0 unspecified atom stereocenters. The van der Waals surface area contributed by atoms with Crippen LogP contribution in [0.4, 0.5) is 0 Å². The summed E-state index contributed by atoms with van der Waals surface area (Å²) >= 11 is 0. The predicted octanol–water partition coefficient (Wildman–Crippen LogP) is 0.852. The molecule has 1 aliphatic rings. The van der Waals surface area contributed by atoms with Crippen molar-refractivity contribution in [2.24, 2.45) is 0 Å². The van der Waals surface area contributed by atoms with Crippen molar-refractivity contribution in [2.75, 3.05) is 7.11 Å². The Morgan fingerprint density at radius 1 is 1.67 bits per heavy atom. The molecule has 0 fully saturated rings. The van der Waals surface area contributed by atoms with Crippen LogP contribution in [0.5, 0.6) is 0 Å². The van der Waals surface area contributed by atoms with Gasteiger partial charge in [-0.15, -0.1) is 0 Å². The first-order valence-electron chi connectivity index (χ1n) is 1.77. The predicted molar refractivity (Wildman–Crippen MR) is 20.8 cm³/mol. The fraction of sp³-hybridized carbons (Fsp3) is 0.500. The van der Waals surface area contributed by atoms with Crippen LogP contribution in [0.25, 0.3) is 0 Å². The fourth-order valence-electron chi connectivity index (χ4n) is 0.299. The summed E-state index contributed by atoms with van der Waals surface area (Å²) in [6.45, 7) is 1.86. The van der Waals surface area contributed by atoms with Gasteiger partial charge < -0.3 is 9.47 Å². The smallest absolute Gasteiger partial charge is 0.324 e. The summed E-state index contributed by atoms with van der Waals surface area (Å²) in [4.78, 5) is 0. The lowest BCUT2D eigenvalue weighted by Crippen LogP contribution is -1.64. The molecule has 0 saturated heterocycles. The summed E-state index contributed by atoms with van der Waals surface area (Å²) in [5.41, 5.74) is 0. The molecule has 34 valence electrons. The quantitative estimate of drug-likeness (QED) is 0.472. The van der Waals surface area contributed by atoms with Gasteiger partial charge in [-0.3, -0.25) is 0 Å². The molecular weight excluding hydrogens is 80.0 g/mol. The van der Waals surface area contributed by atoms with Crippen molar-refractivity contribution in [3.8, 4) is 0 Å². The van der Waals surface area contributed by atoms with Gasteiger partial charge in [-0.25, -0.2) is 0 Å². The lowest BCUT2D eigenvalue weighted by molar-refractivity contribution is 0.207. The van der Waals surface area contributed by atoms with Crippen molar-refractivity contribution in [1.29, 1.82) is 0 Å². The molecule has 2 nitrogen and oxygen atoms in total. The third-order valence-corrected chi connectivity index (χ3v) is 0.677. The van der Waals surface area contributed by atoms with Gasteiger partial charge in [0, 0.05) is 6.92 Å². The molecule has 0 radical (unpaired) electrons. The maximum atomic E-state index is 4.68. The first kappa shape index (κ1) is 3.53. The molecule has 0 saturated carbocycles. The van der Waals surface area contributed by atoms with Crippen LogP contribution in [-0.4, -0.2) is 7.11 Å². The lowest BCUT2D eigenvalue weighted by atomic mass is 10.7. The van der Waals surface area contributed by atoms with Crippen molar-refractivity contribution < 1.29 is 9.47 Å². The second-order valence-corrected chi connectivity index (χ2v) is 1.15. The summed E-state index contributed by atoms with van der Waals surface area (Å²) in [6, 6.07) is 0. The van der Waals surface area contributed by atoms with Crippen LogP contribution in [0.3, 0.4) is 0 Å². The first-order valence-corrected chi connectivity index (χ1v) is 1.77. The van der Waals surface area contributed by atoms with Gasteiger partial charge in [-0.05, 0) is 0 Å². The molecule has 6 heavy (non-hydrogen) atoms. The minimum absolute atomic E-state index is 0.676. The minimum Gasteiger partial charge on any atom is -0.466 e. The molecule has 0 bridgehead atoms. The standard InChI is InChI=1S/C4H6O2/c1-3-4(5-2)6-3/h1-2H3. The van der Waals surface area contributed by atoms with E-state index < -0.39 is 0 Å². The Morgan fingerprint density at radius 3 is 2.17 bits per heavy atom. The number of hydrogen-bond donors (Lipinski definition) is 0. The van der Waals surface area contributed by atoms with Crippen molar-refractivity contribution in [3.63, 3.8) is 0 Å². The Labute approximate surface area is 36.4 Å². The van der Waals surface area contributed by atoms with E-state index in [1.54, 1.807) is 7.11 Å². The Kier molecular flexibility index (Phi) is 0.528. The van der Waals surface area contributed by atoms with Gasteiger partial charge in [0.05, 0.1) is 7.11 Å². The zero-order valence-corrected chi connectivity index (χ0v) is 3.82. The van der Waals surface area contributed by atoms with Crippen LogP contribution in [0, 0.1) is 0 Å². The number of ether oxygens (including phenoxy) is 2. The average molecular weight is 86.1 g/mol. The molecular formula is C4H6O2. The highest BCUT2D eigenvalue weighted by molar-refractivity contribution is 5.06. The van der Waals surface area contributed by atoms with E-state index in [-0.39, 0.29) is 0 Å². The molecule has 0 aromatic rings. The number of methoxy groups -OCH3 is 1. The van der Waals surface area contributed by atoms with E-state index in [1.165, 1.54) is 0 Å². The van der Waals surface area contributed by atoms with Crippen molar-refractivity contribution in [1.82, 2.24) is 0 Å². The summed E-state index contributed by atoms with van der Waals surface area (Å²) in [6.07, 6.45) is 0. The molecule has 1 heterocycles. The van der Waals surface area contributed by atoms with Crippen molar-refractivity contribution >= 4 is 0 Å². The molecule has 0 spiro atoms. The molecule has 0 aromatic heterocycles. The summed E-state index contributed by atoms with van der Waals surface area (Å²) in [7, 11) is 1.59. The van der Waals surface area contributed by atoms with Gasteiger partial charge in [-0.1, -0.05) is 0 Å². The molecule has 2 heteroatoms. The van der Waals surface area contributed by atoms with Crippen LogP contribution in [0.2, 0.25) is 0 Å². The Hall–Kier alpha value is -0.660. The van der Waals surface area contributed by atoms with E-state index in [1.807, 2.05) is 6.92 Å². The van der Waals surface area contributed by atoms with E-state index in [2.05, 4.69) is 9.47 Å².